The first kappa shape index (κ1) is 18.1. The van der Waals surface area contributed by atoms with Crippen molar-refractivity contribution in [2.45, 2.75) is 6.92 Å². The Morgan fingerprint density at radius 2 is 1.41 bits per heavy atom. The van der Waals surface area contributed by atoms with Crippen LogP contribution in [-0.4, -0.2) is 11.9 Å². The first-order chi connectivity index (χ1) is 13.0. The Bertz CT molecular complexity index is 1050. The summed E-state index contributed by atoms with van der Waals surface area (Å²) < 4.78 is 10.3. The number of fused-ring (bicyclic) bond motifs is 1. The van der Waals surface area contributed by atoms with E-state index < -0.39 is 11.9 Å². The van der Waals surface area contributed by atoms with E-state index in [4.69, 9.17) is 9.47 Å². The van der Waals surface area contributed by atoms with Crippen molar-refractivity contribution in [2.24, 2.45) is 0 Å². The molecule has 0 saturated carbocycles. The molecule has 0 unspecified atom stereocenters. The Morgan fingerprint density at radius 1 is 0.815 bits per heavy atom. The highest BCUT2D eigenvalue weighted by Crippen LogP contribution is 2.28. The van der Waals surface area contributed by atoms with Crippen LogP contribution in [0.5, 0.6) is 11.5 Å². The summed E-state index contributed by atoms with van der Waals surface area (Å²) in [5, 5.41) is 1.98. The molecule has 0 aliphatic carbocycles. The molecule has 3 aromatic rings. The zero-order chi connectivity index (χ0) is 19.4. The number of benzene rings is 3. The number of esters is 2. The van der Waals surface area contributed by atoms with Gasteiger partial charge in [-0.25, -0.2) is 9.59 Å². The summed E-state index contributed by atoms with van der Waals surface area (Å²) in [6, 6.07) is 18.7. The Hall–Kier alpha value is -3.66. The largest absolute Gasteiger partial charge is 0.423 e. The fraction of sp³-hybridized carbons (Fsp3) is 0.0435. The molecule has 0 fully saturated rings. The zero-order valence-electron chi connectivity index (χ0n) is 14.9. The second-order valence-electron chi connectivity index (χ2n) is 6.04. The third kappa shape index (κ3) is 4.30. The van der Waals surface area contributed by atoms with Crippen LogP contribution in [0, 0.1) is 0 Å². The van der Waals surface area contributed by atoms with Crippen molar-refractivity contribution in [3.63, 3.8) is 0 Å². The Morgan fingerprint density at radius 3 is 2.07 bits per heavy atom. The van der Waals surface area contributed by atoms with Crippen LogP contribution in [0.4, 0.5) is 0 Å². The highest BCUT2D eigenvalue weighted by molar-refractivity contribution is 5.90. The van der Waals surface area contributed by atoms with Gasteiger partial charge in [0, 0.05) is 11.6 Å². The van der Waals surface area contributed by atoms with Crippen molar-refractivity contribution in [1.29, 1.82) is 0 Å². The molecular weight excluding hydrogens is 340 g/mol. The molecule has 134 valence electrons. The maximum atomic E-state index is 11.6. The van der Waals surface area contributed by atoms with Crippen LogP contribution in [0.1, 0.15) is 6.92 Å². The second kappa shape index (κ2) is 7.70. The topological polar surface area (TPSA) is 52.6 Å². The van der Waals surface area contributed by atoms with Crippen LogP contribution < -0.4 is 9.47 Å². The molecule has 4 heteroatoms. The Labute approximate surface area is 157 Å². The molecule has 0 aromatic heterocycles. The van der Waals surface area contributed by atoms with Gasteiger partial charge in [-0.15, -0.1) is 0 Å². The minimum atomic E-state index is -0.488. The van der Waals surface area contributed by atoms with Gasteiger partial charge in [0.25, 0.3) is 0 Å². The maximum absolute atomic E-state index is 11.6. The van der Waals surface area contributed by atoms with E-state index in [0.29, 0.717) is 17.1 Å². The van der Waals surface area contributed by atoms with Gasteiger partial charge in [-0.2, -0.15) is 0 Å². The maximum Gasteiger partial charge on any atom is 0.338 e. The van der Waals surface area contributed by atoms with Crippen LogP contribution in [-0.2, 0) is 9.59 Å². The summed E-state index contributed by atoms with van der Waals surface area (Å²) in [7, 11) is 0. The summed E-state index contributed by atoms with van der Waals surface area (Å²) in [5.74, 6) is 0.0184. The normalized spacial score (nSPS) is 10.3. The third-order valence-electron chi connectivity index (χ3n) is 3.94. The molecule has 3 aromatic carbocycles. The fourth-order valence-electron chi connectivity index (χ4n) is 2.53. The first-order valence-corrected chi connectivity index (χ1v) is 8.32. The predicted molar refractivity (Wildman–Crippen MR) is 106 cm³/mol. The molecule has 0 saturated heterocycles. The molecule has 4 nitrogen and oxygen atoms in total. The SMILES string of the molecule is C=CC(=O)Oc1ccc2cc(-c3ccc(OC(=O)C(=C)C)cc3)ccc2c1. The third-order valence-corrected chi connectivity index (χ3v) is 3.94. The van der Waals surface area contributed by atoms with Crippen molar-refractivity contribution in [2.75, 3.05) is 0 Å². The van der Waals surface area contributed by atoms with E-state index in [1.54, 1.807) is 31.2 Å². The number of hydrogen-bond acceptors (Lipinski definition) is 4. The van der Waals surface area contributed by atoms with Crippen molar-refractivity contribution in [3.05, 3.63) is 85.5 Å². The van der Waals surface area contributed by atoms with Crippen molar-refractivity contribution >= 4 is 22.7 Å². The lowest BCUT2D eigenvalue weighted by Crippen LogP contribution is -2.07. The van der Waals surface area contributed by atoms with Gasteiger partial charge in [-0.1, -0.05) is 43.5 Å². The van der Waals surface area contributed by atoms with Crippen LogP contribution in [0.2, 0.25) is 0 Å². The van der Waals surface area contributed by atoms with Crippen molar-refractivity contribution < 1.29 is 19.1 Å². The van der Waals surface area contributed by atoms with Gasteiger partial charge >= 0.3 is 11.9 Å². The average molecular weight is 358 g/mol. The highest BCUT2D eigenvalue weighted by atomic mass is 16.5. The minimum absolute atomic E-state index is 0.353. The van der Waals surface area contributed by atoms with Crippen molar-refractivity contribution in [3.8, 4) is 22.6 Å². The summed E-state index contributed by atoms with van der Waals surface area (Å²) in [6.45, 7) is 8.56. The van der Waals surface area contributed by atoms with Crippen molar-refractivity contribution in [1.82, 2.24) is 0 Å². The van der Waals surface area contributed by atoms with Gasteiger partial charge in [0.15, 0.2) is 0 Å². The van der Waals surface area contributed by atoms with Gasteiger partial charge in [-0.3, -0.25) is 0 Å². The summed E-state index contributed by atoms with van der Waals surface area (Å²) in [5.41, 5.74) is 2.37. The predicted octanol–water partition coefficient (Wildman–Crippen LogP) is 5.08. The first-order valence-electron chi connectivity index (χ1n) is 8.32. The van der Waals surface area contributed by atoms with E-state index in [2.05, 4.69) is 13.2 Å². The van der Waals surface area contributed by atoms with Crippen LogP contribution >= 0.6 is 0 Å². The standard InChI is InChI=1S/C23H18O4/c1-4-22(24)26-21-12-9-18-13-17(5-6-19(18)14-21)16-7-10-20(11-8-16)27-23(25)15(2)3/h4-14H,1-2H2,3H3. The molecule has 0 radical (unpaired) electrons. The summed E-state index contributed by atoms with van der Waals surface area (Å²) in [4.78, 5) is 22.9. The monoisotopic (exact) mass is 358 g/mol. The van der Waals surface area contributed by atoms with Gasteiger partial charge in [0.1, 0.15) is 11.5 Å². The van der Waals surface area contributed by atoms with Gasteiger partial charge < -0.3 is 9.47 Å². The van der Waals surface area contributed by atoms with Gasteiger partial charge in [0.2, 0.25) is 0 Å². The number of rotatable bonds is 5. The zero-order valence-corrected chi connectivity index (χ0v) is 14.9. The molecule has 3 rings (SSSR count). The lowest BCUT2D eigenvalue weighted by molar-refractivity contribution is -0.130. The van der Waals surface area contributed by atoms with E-state index in [9.17, 15) is 9.59 Å². The molecule has 0 heterocycles. The number of hydrogen-bond donors (Lipinski definition) is 0. The number of ether oxygens (including phenoxy) is 2. The number of carbonyl (C=O) groups is 2. The Kier molecular flexibility index (Phi) is 5.18. The summed E-state index contributed by atoms with van der Waals surface area (Å²) >= 11 is 0. The van der Waals surface area contributed by atoms with Gasteiger partial charge in [-0.05, 0) is 59.2 Å². The van der Waals surface area contributed by atoms with E-state index in [-0.39, 0.29) is 0 Å². The van der Waals surface area contributed by atoms with E-state index in [1.807, 2.05) is 36.4 Å². The van der Waals surface area contributed by atoms with Crippen LogP contribution in [0.3, 0.4) is 0 Å². The quantitative estimate of drug-likeness (QED) is 0.363. The molecule has 0 amide bonds. The van der Waals surface area contributed by atoms with Crippen LogP contribution in [0.25, 0.3) is 21.9 Å². The second-order valence-corrected chi connectivity index (χ2v) is 6.04. The molecule has 0 spiro atoms. The molecule has 0 N–H and O–H groups in total. The molecule has 27 heavy (non-hydrogen) atoms. The summed E-state index contributed by atoms with van der Waals surface area (Å²) in [6.07, 6.45) is 1.13. The molecule has 0 aliphatic rings. The fourth-order valence-corrected chi connectivity index (χ4v) is 2.53. The lowest BCUT2D eigenvalue weighted by Gasteiger charge is -2.08. The van der Waals surface area contributed by atoms with E-state index in [0.717, 1.165) is 28.0 Å². The lowest BCUT2D eigenvalue weighted by atomic mass is 10.0. The van der Waals surface area contributed by atoms with E-state index in [1.165, 1.54) is 0 Å². The number of carbonyl (C=O) groups excluding carboxylic acids is 2. The molecule has 0 bridgehead atoms. The molecule has 0 atom stereocenters. The minimum Gasteiger partial charge on any atom is -0.423 e. The smallest absolute Gasteiger partial charge is 0.338 e. The average Bonchev–Trinajstić information content (AvgIpc) is 2.68. The van der Waals surface area contributed by atoms with Gasteiger partial charge in [0.05, 0.1) is 0 Å². The molecular formula is C23H18O4. The molecule has 0 aliphatic heterocycles. The van der Waals surface area contributed by atoms with E-state index >= 15 is 0 Å². The Balaban J connectivity index is 1.83. The highest BCUT2D eigenvalue weighted by Gasteiger charge is 2.07. The van der Waals surface area contributed by atoms with Crippen LogP contribution in [0.15, 0.2) is 85.5 Å².